The fourth-order valence-electron chi connectivity index (χ4n) is 3.22. The number of fused-ring (bicyclic) bond motifs is 1. The zero-order valence-electron chi connectivity index (χ0n) is 14.6. The lowest BCUT2D eigenvalue weighted by Gasteiger charge is -2.19. The number of carbonyl (C=O) groups is 1. The summed E-state index contributed by atoms with van der Waals surface area (Å²) in [6, 6.07) is 13.9. The van der Waals surface area contributed by atoms with Crippen LogP contribution >= 0.6 is 11.8 Å². The van der Waals surface area contributed by atoms with E-state index in [-0.39, 0.29) is 5.91 Å². The van der Waals surface area contributed by atoms with Crippen molar-refractivity contribution in [1.82, 2.24) is 0 Å². The number of ether oxygens (including phenoxy) is 2. The largest absolute Gasteiger partial charge is 0.486 e. The van der Waals surface area contributed by atoms with Gasteiger partial charge in [-0.2, -0.15) is 0 Å². The van der Waals surface area contributed by atoms with Gasteiger partial charge in [-0.15, -0.1) is 11.8 Å². The van der Waals surface area contributed by atoms with Crippen molar-refractivity contribution in [3.8, 4) is 11.5 Å². The molecule has 1 amide bonds. The Morgan fingerprint density at radius 3 is 2.69 bits per heavy atom. The molecule has 1 saturated heterocycles. The van der Waals surface area contributed by atoms with Gasteiger partial charge in [-0.25, -0.2) is 0 Å². The third-order valence-electron chi connectivity index (χ3n) is 4.48. The zero-order chi connectivity index (χ0) is 17.8. The molecular formula is C20H22N2O3S. The standard InChI is InChI=1S/C20H22N2O3S/c23-20(14-26-17-6-7-18-19(13-17)25-11-10-24-18)21-15-4-3-5-16(12-15)22-8-1-2-9-22/h3-7,12-13H,1-2,8-11,14H2,(H,21,23). The Morgan fingerprint density at radius 2 is 1.85 bits per heavy atom. The quantitative estimate of drug-likeness (QED) is 0.812. The molecule has 2 aromatic rings. The monoisotopic (exact) mass is 370 g/mol. The topological polar surface area (TPSA) is 50.8 Å². The Hall–Kier alpha value is -2.34. The third kappa shape index (κ3) is 4.07. The molecule has 0 radical (unpaired) electrons. The van der Waals surface area contributed by atoms with Crippen LogP contribution in [0, 0.1) is 0 Å². The summed E-state index contributed by atoms with van der Waals surface area (Å²) in [5.41, 5.74) is 2.03. The van der Waals surface area contributed by atoms with Crippen molar-refractivity contribution in [2.45, 2.75) is 17.7 Å². The van der Waals surface area contributed by atoms with E-state index in [1.807, 2.05) is 30.3 Å². The van der Waals surface area contributed by atoms with Crippen LogP contribution in [-0.2, 0) is 4.79 Å². The molecule has 6 heteroatoms. The summed E-state index contributed by atoms with van der Waals surface area (Å²) in [6.45, 7) is 3.34. The highest BCUT2D eigenvalue weighted by Gasteiger charge is 2.14. The second-order valence-corrected chi connectivity index (χ2v) is 7.44. The number of nitrogens with one attached hydrogen (secondary N) is 1. The molecular weight excluding hydrogens is 348 g/mol. The van der Waals surface area contributed by atoms with Crippen LogP contribution in [0.2, 0.25) is 0 Å². The normalized spacial score (nSPS) is 15.8. The number of amides is 1. The second-order valence-electron chi connectivity index (χ2n) is 6.39. The third-order valence-corrected chi connectivity index (χ3v) is 5.48. The van der Waals surface area contributed by atoms with E-state index in [0.717, 1.165) is 35.2 Å². The van der Waals surface area contributed by atoms with Gasteiger partial charge in [0.2, 0.25) is 5.91 Å². The first-order chi connectivity index (χ1) is 12.8. The molecule has 0 aromatic heterocycles. The molecule has 5 nitrogen and oxygen atoms in total. The first-order valence-corrected chi connectivity index (χ1v) is 9.94. The van der Waals surface area contributed by atoms with Gasteiger partial charge in [0.1, 0.15) is 13.2 Å². The molecule has 0 bridgehead atoms. The molecule has 26 heavy (non-hydrogen) atoms. The lowest BCUT2D eigenvalue weighted by atomic mass is 10.2. The minimum Gasteiger partial charge on any atom is -0.486 e. The first kappa shape index (κ1) is 17.1. The van der Waals surface area contributed by atoms with Crippen molar-refractivity contribution in [2.24, 2.45) is 0 Å². The van der Waals surface area contributed by atoms with E-state index >= 15 is 0 Å². The van der Waals surface area contributed by atoms with Crippen LogP contribution in [0.25, 0.3) is 0 Å². The van der Waals surface area contributed by atoms with E-state index in [0.29, 0.717) is 19.0 Å². The number of benzene rings is 2. The summed E-state index contributed by atoms with van der Waals surface area (Å²) >= 11 is 1.49. The van der Waals surface area contributed by atoms with Gasteiger partial charge in [0.15, 0.2) is 11.5 Å². The lowest BCUT2D eigenvalue weighted by Crippen LogP contribution is -2.18. The minimum atomic E-state index is -0.0107. The predicted molar refractivity (Wildman–Crippen MR) is 105 cm³/mol. The van der Waals surface area contributed by atoms with Gasteiger partial charge in [0.05, 0.1) is 5.75 Å². The van der Waals surface area contributed by atoms with Crippen LogP contribution in [0.4, 0.5) is 11.4 Å². The molecule has 136 valence electrons. The number of rotatable bonds is 5. The van der Waals surface area contributed by atoms with E-state index in [9.17, 15) is 4.79 Å². The van der Waals surface area contributed by atoms with Crippen molar-refractivity contribution in [2.75, 3.05) is 42.3 Å². The smallest absolute Gasteiger partial charge is 0.234 e. The van der Waals surface area contributed by atoms with Crippen LogP contribution in [0.3, 0.4) is 0 Å². The molecule has 2 heterocycles. The second kappa shape index (κ2) is 7.91. The van der Waals surface area contributed by atoms with E-state index in [1.54, 1.807) is 0 Å². The van der Waals surface area contributed by atoms with E-state index in [2.05, 4.69) is 22.3 Å². The Kier molecular flexibility index (Phi) is 5.20. The van der Waals surface area contributed by atoms with Crippen molar-refractivity contribution in [1.29, 1.82) is 0 Å². The Labute approximate surface area is 157 Å². The van der Waals surface area contributed by atoms with Crippen LogP contribution in [0.5, 0.6) is 11.5 Å². The summed E-state index contributed by atoms with van der Waals surface area (Å²) in [4.78, 5) is 15.7. The average molecular weight is 370 g/mol. The van der Waals surface area contributed by atoms with Crippen LogP contribution in [0.15, 0.2) is 47.4 Å². The lowest BCUT2D eigenvalue weighted by molar-refractivity contribution is -0.113. The highest BCUT2D eigenvalue weighted by atomic mass is 32.2. The van der Waals surface area contributed by atoms with Crippen molar-refractivity contribution in [3.63, 3.8) is 0 Å². The number of anilines is 2. The Bertz CT molecular complexity index is 790. The van der Waals surface area contributed by atoms with Crippen LogP contribution in [-0.4, -0.2) is 38.0 Å². The van der Waals surface area contributed by atoms with Crippen LogP contribution < -0.4 is 19.7 Å². The average Bonchev–Trinajstić information content (AvgIpc) is 3.21. The molecule has 1 N–H and O–H groups in total. The fraction of sp³-hybridized carbons (Fsp3) is 0.350. The molecule has 0 saturated carbocycles. The van der Waals surface area contributed by atoms with Crippen molar-refractivity contribution < 1.29 is 14.3 Å². The van der Waals surface area contributed by atoms with Crippen LogP contribution in [0.1, 0.15) is 12.8 Å². The van der Waals surface area contributed by atoms with Gasteiger partial charge in [0.25, 0.3) is 0 Å². The van der Waals surface area contributed by atoms with Gasteiger partial charge in [-0.3, -0.25) is 4.79 Å². The van der Waals surface area contributed by atoms with Gasteiger partial charge in [0, 0.05) is 29.4 Å². The molecule has 1 fully saturated rings. The molecule has 4 rings (SSSR count). The SMILES string of the molecule is O=C(CSc1ccc2c(c1)OCCO2)Nc1cccc(N2CCCC2)c1. The number of hydrogen-bond donors (Lipinski definition) is 1. The molecule has 2 aliphatic heterocycles. The van der Waals surface area contributed by atoms with E-state index in [4.69, 9.17) is 9.47 Å². The van der Waals surface area contributed by atoms with E-state index < -0.39 is 0 Å². The molecule has 0 spiro atoms. The fourth-order valence-corrected chi connectivity index (χ4v) is 3.94. The molecule has 2 aliphatic rings. The summed E-state index contributed by atoms with van der Waals surface area (Å²) < 4.78 is 11.1. The maximum Gasteiger partial charge on any atom is 0.234 e. The summed E-state index contributed by atoms with van der Waals surface area (Å²) in [6.07, 6.45) is 2.48. The Morgan fingerprint density at radius 1 is 1.04 bits per heavy atom. The maximum absolute atomic E-state index is 12.3. The summed E-state index contributed by atoms with van der Waals surface area (Å²) in [5, 5.41) is 3.00. The molecule has 0 aliphatic carbocycles. The number of carbonyl (C=O) groups excluding carboxylic acids is 1. The predicted octanol–water partition coefficient (Wildman–Crippen LogP) is 3.79. The Balaban J connectivity index is 1.33. The van der Waals surface area contributed by atoms with Crippen molar-refractivity contribution >= 4 is 29.0 Å². The minimum absolute atomic E-state index is 0.0107. The van der Waals surface area contributed by atoms with Gasteiger partial charge in [-0.1, -0.05) is 6.07 Å². The van der Waals surface area contributed by atoms with Crippen molar-refractivity contribution in [3.05, 3.63) is 42.5 Å². The summed E-state index contributed by atoms with van der Waals surface area (Å²) in [7, 11) is 0. The maximum atomic E-state index is 12.3. The molecule has 2 aromatic carbocycles. The highest BCUT2D eigenvalue weighted by Crippen LogP contribution is 2.34. The van der Waals surface area contributed by atoms with E-state index in [1.165, 1.54) is 30.3 Å². The number of hydrogen-bond acceptors (Lipinski definition) is 5. The van der Waals surface area contributed by atoms with Gasteiger partial charge < -0.3 is 19.7 Å². The number of nitrogens with zero attached hydrogens (tertiary/aromatic N) is 1. The summed E-state index contributed by atoms with van der Waals surface area (Å²) in [5.74, 6) is 1.86. The van der Waals surface area contributed by atoms with Gasteiger partial charge >= 0.3 is 0 Å². The number of thioether (sulfide) groups is 1. The first-order valence-electron chi connectivity index (χ1n) is 8.95. The van der Waals surface area contributed by atoms with Gasteiger partial charge in [-0.05, 0) is 49.2 Å². The molecule has 0 unspecified atom stereocenters. The zero-order valence-corrected chi connectivity index (χ0v) is 15.4. The molecule has 0 atom stereocenters. The highest BCUT2D eigenvalue weighted by molar-refractivity contribution is 8.00.